The standard InChI is InChI=1S/C15H9NO4S2/c17-14(18)9-3-1-8(2-4-9)11-6-5-10(20-11)7-12-13(21)16-15(19)22-12/h1-7H,(H,17,18)(H,16,19,21). The molecular weight excluding hydrogens is 322 g/mol. The number of amides is 1. The van der Waals surface area contributed by atoms with E-state index in [0.29, 0.717) is 21.4 Å². The molecule has 0 unspecified atom stereocenters. The maximum absolute atomic E-state index is 11.2. The summed E-state index contributed by atoms with van der Waals surface area (Å²) in [5, 5.41) is 11.2. The van der Waals surface area contributed by atoms with E-state index in [0.717, 1.165) is 17.3 Å². The Morgan fingerprint density at radius 3 is 2.55 bits per heavy atom. The van der Waals surface area contributed by atoms with E-state index in [1.54, 1.807) is 30.3 Å². The van der Waals surface area contributed by atoms with Crippen LogP contribution in [0.5, 0.6) is 0 Å². The van der Waals surface area contributed by atoms with Crippen molar-refractivity contribution in [2.45, 2.75) is 0 Å². The van der Waals surface area contributed by atoms with E-state index in [9.17, 15) is 9.59 Å². The Labute approximate surface area is 135 Å². The smallest absolute Gasteiger partial charge is 0.335 e. The summed E-state index contributed by atoms with van der Waals surface area (Å²) >= 11 is 6.06. The van der Waals surface area contributed by atoms with Crippen LogP contribution in [0.25, 0.3) is 17.4 Å². The monoisotopic (exact) mass is 331 g/mol. The molecule has 22 heavy (non-hydrogen) atoms. The lowest BCUT2D eigenvalue weighted by atomic mass is 10.1. The Morgan fingerprint density at radius 1 is 1.23 bits per heavy atom. The van der Waals surface area contributed by atoms with Gasteiger partial charge in [-0.25, -0.2) is 4.79 Å². The fraction of sp³-hybridized carbons (Fsp3) is 0. The fourth-order valence-corrected chi connectivity index (χ4v) is 2.93. The molecule has 2 aromatic rings. The molecule has 0 radical (unpaired) electrons. The summed E-state index contributed by atoms with van der Waals surface area (Å²) in [4.78, 5) is 23.1. The number of rotatable bonds is 3. The van der Waals surface area contributed by atoms with Gasteiger partial charge in [0.1, 0.15) is 16.5 Å². The van der Waals surface area contributed by atoms with Gasteiger partial charge < -0.3 is 14.8 Å². The zero-order valence-corrected chi connectivity index (χ0v) is 12.7. The number of thiocarbonyl (C=S) groups is 1. The largest absolute Gasteiger partial charge is 0.478 e. The molecule has 1 aromatic carbocycles. The molecule has 3 rings (SSSR count). The molecule has 1 aromatic heterocycles. The second-order valence-corrected chi connectivity index (χ2v) is 5.86. The van der Waals surface area contributed by atoms with Gasteiger partial charge >= 0.3 is 5.97 Å². The number of hydrogen-bond acceptors (Lipinski definition) is 5. The number of nitrogens with one attached hydrogen (secondary N) is 1. The second kappa shape index (κ2) is 5.78. The molecule has 0 aliphatic carbocycles. The van der Waals surface area contributed by atoms with E-state index in [2.05, 4.69) is 5.32 Å². The van der Waals surface area contributed by atoms with Gasteiger partial charge in [0.25, 0.3) is 5.24 Å². The quantitative estimate of drug-likeness (QED) is 0.658. The van der Waals surface area contributed by atoms with E-state index < -0.39 is 5.97 Å². The van der Waals surface area contributed by atoms with Crippen LogP contribution in [0.3, 0.4) is 0 Å². The molecule has 110 valence electrons. The highest BCUT2D eigenvalue weighted by Gasteiger charge is 2.22. The zero-order chi connectivity index (χ0) is 15.7. The first-order valence-electron chi connectivity index (χ1n) is 6.21. The van der Waals surface area contributed by atoms with E-state index in [1.165, 1.54) is 12.1 Å². The summed E-state index contributed by atoms with van der Waals surface area (Å²) in [6.45, 7) is 0. The lowest BCUT2D eigenvalue weighted by Gasteiger charge is -1.98. The van der Waals surface area contributed by atoms with Crippen LogP contribution in [0.15, 0.2) is 45.7 Å². The normalized spacial score (nSPS) is 16.1. The molecule has 0 bridgehead atoms. The first-order valence-corrected chi connectivity index (χ1v) is 7.44. The molecule has 5 nitrogen and oxygen atoms in total. The number of carbonyl (C=O) groups is 2. The predicted octanol–water partition coefficient (Wildman–Crippen LogP) is 3.77. The molecule has 1 amide bonds. The molecule has 1 saturated heterocycles. The van der Waals surface area contributed by atoms with Gasteiger partial charge in [0.05, 0.1) is 10.5 Å². The van der Waals surface area contributed by atoms with Gasteiger partial charge in [0.15, 0.2) is 0 Å². The van der Waals surface area contributed by atoms with Crippen molar-refractivity contribution in [2.24, 2.45) is 0 Å². The lowest BCUT2D eigenvalue weighted by molar-refractivity contribution is 0.0697. The molecule has 2 heterocycles. The minimum absolute atomic E-state index is 0.202. The third-order valence-electron chi connectivity index (χ3n) is 2.96. The van der Waals surface area contributed by atoms with E-state index in [4.69, 9.17) is 21.7 Å². The van der Waals surface area contributed by atoms with Crippen molar-refractivity contribution < 1.29 is 19.1 Å². The molecule has 0 spiro atoms. The van der Waals surface area contributed by atoms with E-state index in [-0.39, 0.29) is 10.8 Å². The molecule has 0 saturated carbocycles. The first kappa shape index (κ1) is 14.6. The highest BCUT2D eigenvalue weighted by atomic mass is 32.2. The minimum Gasteiger partial charge on any atom is -0.478 e. The molecule has 1 fully saturated rings. The van der Waals surface area contributed by atoms with E-state index in [1.807, 2.05) is 0 Å². The average Bonchev–Trinajstić information content (AvgIpc) is 3.06. The Morgan fingerprint density at radius 2 is 1.95 bits per heavy atom. The molecule has 1 aliphatic rings. The summed E-state index contributed by atoms with van der Waals surface area (Å²) in [7, 11) is 0. The maximum atomic E-state index is 11.2. The Bertz CT molecular complexity index is 805. The summed E-state index contributed by atoms with van der Waals surface area (Å²) in [5.74, 6) is 0.205. The number of benzene rings is 1. The number of carboxylic acid groups (broad SMARTS) is 1. The van der Waals surface area contributed by atoms with Gasteiger partial charge in [-0.1, -0.05) is 24.4 Å². The Kier molecular flexibility index (Phi) is 3.82. The summed E-state index contributed by atoms with van der Waals surface area (Å²) in [6, 6.07) is 9.93. The molecule has 7 heteroatoms. The van der Waals surface area contributed by atoms with Gasteiger partial charge in [-0.05, 0) is 42.1 Å². The van der Waals surface area contributed by atoms with Crippen LogP contribution < -0.4 is 5.32 Å². The molecule has 2 N–H and O–H groups in total. The number of thioether (sulfide) groups is 1. The van der Waals surface area contributed by atoms with Crippen LogP contribution in [0.1, 0.15) is 16.1 Å². The second-order valence-electron chi connectivity index (χ2n) is 4.44. The van der Waals surface area contributed by atoms with Gasteiger partial charge in [-0.15, -0.1) is 0 Å². The number of hydrogen-bond donors (Lipinski definition) is 2. The molecular formula is C15H9NO4S2. The average molecular weight is 331 g/mol. The number of carboxylic acids is 1. The van der Waals surface area contributed by atoms with Crippen molar-refractivity contribution >= 4 is 46.3 Å². The van der Waals surface area contributed by atoms with Crippen LogP contribution in [0.2, 0.25) is 0 Å². The Hall–Kier alpha value is -2.38. The third kappa shape index (κ3) is 2.95. The third-order valence-corrected chi connectivity index (χ3v) is 4.24. The zero-order valence-electron chi connectivity index (χ0n) is 11.0. The van der Waals surface area contributed by atoms with Crippen molar-refractivity contribution in [3.05, 3.63) is 52.6 Å². The Balaban J connectivity index is 1.85. The van der Waals surface area contributed by atoms with Crippen LogP contribution in [0, 0.1) is 0 Å². The highest BCUT2D eigenvalue weighted by Crippen LogP contribution is 2.29. The molecule has 0 atom stereocenters. The van der Waals surface area contributed by atoms with Crippen molar-refractivity contribution in [3.8, 4) is 11.3 Å². The van der Waals surface area contributed by atoms with Crippen molar-refractivity contribution in [1.29, 1.82) is 0 Å². The molecule has 1 aliphatic heterocycles. The van der Waals surface area contributed by atoms with Crippen molar-refractivity contribution in [3.63, 3.8) is 0 Å². The van der Waals surface area contributed by atoms with Crippen molar-refractivity contribution in [2.75, 3.05) is 0 Å². The van der Waals surface area contributed by atoms with E-state index >= 15 is 0 Å². The fourth-order valence-electron chi connectivity index (χ4n) is 1.91. The number of aromatic carboxylic acids is 1. The van der Waals surface area contributed by atoms with Crippen LogP contribution >= 0.6 is 24.0 Å². The van der Waals surface area contributed by atoms with Gasteiger partial charge in [-0.2, -0.15) is 0 Å². The summed E-state index contributed by atoms with van der Waals surface area (Å²) in [6.07, 6.45) is 1.69. The lowest BCUT2D eigenvalue weighted by Crippen LogP contribution is -2.15. The maximum Gasteiger partial charge on any atom is 0.335 e. The highest BCUT2D eigenvalue weighted by molar-refractivity contribution is 8.19. The van der Waals surface area contributed by atoms with Gasteiger partial charge in [0.2, 0.25) is 0 Å². The SMILES string of the molecule is O=C1NC(=S)C(=Cc2ccc(-c3ccc(C(=O)O)cc3)o2)S1. The topological polar surface area (TPSA) is 79.5 Å². The predicted molar refractivity (Wildman–Crippen MR) is 87.8 cm³/mol. The van der Waals surface area contributed by atoms with Crippen LogP contribution in [-0.2, 0) is 0 Å². The van der Waals surface area contributed by atoms with Gasteiger partial charge in [-0.3, -0.25) is 4.79 Å². The van der Waals surface area contributed by atoms with Gasteiger partial charge in [0, 0.05) is 5.56 Å². The van der Waals surface area contributed by atoms with Crippen molar-refractivity contribution in [1.82, 2.24) is 5.32 Å². The summed E-state index contributed by atoms with van der Waals surface area (Å²) in [5.41, 5.74) is 0.987. The first-order chi connectivity index (χ1) is 10.5. The number of furan rings is 1. The summed E-state index contributed by atoms with van der Waals surface area (Å²) < 4.78 is 5.68. The minimum atomic E-state index is -0.972. The van der Waals surface area contributed by atoms with Crippen LogP contribution in [0.4, 0.5) is 4.79 Å². The van der Waals surface area contributed by atoms with Crippen LogP contribution in [-0.4, -0.2) is 21.3 Å². The number of carbonyl (C=O) groups excluding carboxylic acids is 1.